The van der Waals surface area contributed by atoms with Crippen molar-refractivity contribution in [3.8, 4) is 11.5 Å². The van der Waals surface area contributed by atoms with Crippen LogP contribution in [0.2, 0.25) is 5.02 Å². The van der Waals surface area contributed by atoms with Crippen LogP contribution in [0.15, 0.2) is 42.5 Å². The van der Waals surface area contributed by atoms with E-state index >= 15 is 0 Å². The van der Waals surface area contributed by atoms with E-state index in [2.05, 4.69) is 5.32 Å². The Kier molecular flexibility index (Phi) is 4.74. The van der Waals surface area contributed by atoms with Gasteiger partial charge >= 0.3 is 0 Å². The maximum atomic E-state index is 9.80. The number of nitrogens with one attached hydrogen (secondary N) is 1. The highest BCUT2D eigenvalue weighted by Crippen LogP contribution is 2.27. The lowest BCUT2D eigenvalue weighted by atomic mass is 10.2. The maximum Gasteiger partial charge on any atom is 0.142 e. The Balaban J connectivity index is 2.12. The van der Waals surface area contributed by atoms with Crippen molar-refractivity contribution in [2.45, 2.75) is 26.5 Å². The molecule has 0 atom stereocenters. The van der Waals surface area contributed by atoms with Gasteiger partial charge in [0.25, 0.3) is 0 Å². The lowest BCUT2D eigenvalue weighted by Gasteiger charge is -2.15. The Morgan fingerprint density at radius 1 is 1.20 bits per heavy atom. The van der Waals surface area contributed by atoms with Gasteiger partial charge in [0, 0.05) is 17.1 Å². The summed E-state index contributed by atoms with van der Waals surface area (Å²) in [6, 6.07) is 12.7. The smallest absolute Gasteiger partial charge is 0.142 e. The number of phenolic OH excluding ortho intramolecular Hbond substituents is 1. The lowest BCUT2D eigenvalue weighted by Crippen LogP contribution is -2.08. The van der Waals surface area contributed by atoms with Gasteiger partial charge in [0.2, 0.25) is 0 Å². The molecule has 0 aliphatic rings. The first-order chi connectivity index (χ1) is 9.56. The molecule has 2 N–H and O–H groups in total. The number of ether oxygens (including phenoxy) is 1. The van der Waals surface area contributed by atoms with Crippen LogP contribution in [0.5, 0.6) is 11.5 Å². The molecule has 0 saturated heterocycles. The first-order valence-corrected chi connectivity index (χ1v) is 6.91. The van der Waals surface area contributed by atoms with E-state index in [9.17, 15) is 5.11 Å². The number of phenols is 1. The third kappa shape index (κ3) is 3.81. The minimum atomic E-state index is 0.109. The molecule has 0 unspecified atom stereocenters. The van der Waals surface area contributed by atoms with Gasteiger partial charge in [-0.25, -0.2) is 0 Å². The quantitative estimate of drug-likeness (QED) is 0.855. The normalized spacial score (nSPS) is 10.6. The second-order valence-electron chi connectivity index (χ2n) is 4.79. The summed E-state index contributed by atoms with van der Waals surface area (Å²) in [7, 11) is 0. The second-order valence-corrected chi connectivity index (χ2v) is 5.23. The average molecular weight is 292 g/mol. The zero-order valence-electron chi connectivity index (χ0n) is 11.6. The van der Waals surface area contributed by atoms with Gasteiger partial charge in [0.1, 0.15) is 11.5 Å². The molecule has 0 aliphatic heterocycles. The van der Waals surface area contributed by atoms with Gasteiger partial charge in [-0.05, 0) is 44.2 Å². The molecule has 20 heavy (non-hydrogen) atoms. The van der Waals surface area contributed by atoms with Crippen LogP contribution < -0.4 is 10.1 Å². The van der Waals surface area contributed by atoms with E-state index in [0.29, 0.717) is 11.6 Å². The SMILES string of the molecule is CC(C)Oc1ccccc1NCc1cc(Cl)ccc1O. The number of hydrogen-bond donors (Lipinski definition) is 2. The molecule has 0 bridgehead atoms. The van der Waals surface area contributed by atoms with E-state index in [4.69, 9.17) is 16.3 Å². The molecule has 0 fully saturated rings. The van der Waals surface area contributed by atoms with Crippen molar-refractivity contribution in [2.24, 2.45) is 0 Å². The lowest BCUT2D eigenvalue weighted by molar-refractivity contribution is 0.243. The number of rotatable bonds is 5. The number of benzene rings is 2. The van der Waals surface area contributed by atoms with Gasteiger partial charge in [-0.3, -0.25) is 0 Å². The molecule has 0 radical (unpaired) electrons. The van der Waals surface area contributed by atoms with E-state index < -0.39 is 0 Å². The zero-order chi connectivity index (χ0) is 14.5. The van der Waals surface area contributed by atoms with Crippen LogP contribution in [-0.2, 0) is 6.54 Å². The summed E-state index contributed by atoms with van der Waals surface area (Å²) < 4.78 is 5.74. The van der Waals surface area contributed by atoms with Crippen LogP contribution in [0.4, 0.5) is 5.69 Å². The first-order valence-electron chi connectivity index (χ1n) is 6.53. The molecule has 0 amide bonds. The summed E-state index contributed by atoms with van der Waals surface area (Å²) in [5, 5.41) is 13.7. The molecule has 0 aliphatic carbocycles. The van der Waals surface area contributed by atoms with Crippen molar-refractivity contribution in [3.05, 3.63) is 53.1 Å². The fraction of sp³-hybridized carbons (Fsp3) is 0.250. The molecule has 2 aromatic carbocycles. The van der Waals surface area contributed by atoms with E-state index in [-0.39, 0.29) is 11.9 Å². The summed E-state index contributed by atoms with van der Waals surface area (Å²) in [5.41, 5.74) is 1.64. The molecule has 4 heteroatoms. The van der Waals surface area contributed by atoms with Gasteiger partial charge in [-0.15, -0.1) is 0 Å². The van der Waals surface area contributed by atoms with Gasteiger partial charge in [-0.2, -0.15) is 0 Å². The van der Waals surface area contributed by atoms with Crippen molar-refractivity contribution in [1.82, 2.24) is 0 Å². The van der Waals surface area contributed by atoms with Crippen LogP contribution in [0, 0.1) is 0 Å². The van der Waals surface area contributed by atoms with Gasteiger partial charge < -0.3 is 15.2 Å². The number of hydrogen-bond acceptors (Lipinski definition) is 3. The number of aromatic hydroxyl groups is 1. The standard InChI is InChI=1S/C16H18ClNO2/c1-11(2)20-16-6-4-3-5-14(16)18-10-12-9-13(17)7-8-15(12)19/h3-9,11,18-19H,10H2,1-2H3. The van der Waals surface area contributed by atoms with Gasteiger partial charge in [0.15, 0.2) is 0 Å². The van der Waals surface area contributed by atoms with E-state index in [1.165, 1.54) is 0 Å². The van der Waals surface area contributed by atoms with Crippen LogP contribution in [0.1, 0.15) is 19.4 Å². The van der Waals surface area contributed by atoms with Crippen molar-refractivity contribution < 1.29 is 9.84 Å². The predicted molar refractivity (Wildman–Crippen MR) is 82.6 cm³/mol. The zero-order valence-corrected chi connectivity index (χ0v) is 12.3. The monoisotopic (exact) mass is 291 g/mol. The average Bonchev–Trinajstić information content (AvgIpc) is 2.41. The molecule has 0 saturated carbocycles. The Bertz CT molecular complexity index is 584. The minimum Gasteiger partial charge on any atom is -0.508 e. The molecule has 0 spiro atoms. The van der Waals surface area contributed by atoms with E-state index in [0.717, 1.165) is 17.0 Å². The highest BCUT2D eigenvalue weighted by Gasteiger charge is 2.06. The van der Waals surface area contributed by atoms with Crippen molar-refractivity contribution >= 4 is 17.3 Å². The number of halogens is 1. The Labute approximate surface area is 124 Å². The van der Waals surface area contributed by atoms with E-state index in [1.807, 2.05) is 38.1 Å². The fourth-order valence-electron chi connectivity index (χ4n) is 1.86. The van der Waals surface area contributed by atoms with Crippen LogP contribution in [-0.4, -0.2) is 11.2 Å². The Morgan fingerprint density at radius 2 is 1.95 bits per heavy atom. The third-order valence-electron chi connectivity index (χ3n) is 2.76. The largest absolute Gasteiger partial charge is 0.508 e. The molecule has 2 rings (SSSR count). The topological polar surface area (TPSA) is 41.5 Å². The summed E-state index contributed by atoms with van der Waals surface area (Å²) in [5.74, 6) is 1.02. The summed E-state index contributed by atoms with van der Waals surface area (Å²) >= 11 is 5.94. The third-order valence-corrected chi connectivity index (χ3v) is 3.00. The number of para-hydroxylation sites is 2. The molecule has 2 aromatic rings. The van der Waals surface area contributed by atoms with Crippen LogP contribution in [0.25, 0.3) is 0 Å². The van der Waals surface area contributed by atoms with Crippen molar-refractivity contribution in [2.75, 3.05) is 5.32 Å². The molecular formula is C16H18ClNO2. The summed E-state index contributed by atoms with van der Waals surface area (Å²) in [6.45, 7) is 4.45. The minimum absolute atomic E-state index is 0.109. The highest BCUT2D eigenvalue weighted by atomic mass is 35.5. The first kappa shape index (κ1) is 14.5. The van der Waals surface area contributed by atoms with Crippen molar-refractivity contribution in [1.29, 1.82) is 0 Å². The van der Waals surface area contributed by atoms with Crippen LogP contribution in [0.3, 0.4) is 0 Å². The Morgan fingerprint density at radius 3 is 2.70 bits per heavy atom. The molecule has 0 aromatic heterocycles. The maximum absolute atomic E-state index is 9.80. The molecule has 3 nitrogen and oxygen atoms in total. The highest BCUT2D eigenvalue weighted by molar-refractivity contribution is 6.30. The molecular weight excluding hydrogens is 274 g/mol. The van der Waals surface area contributed by atoms with E-state index in [1.54, 1.807) is 18.2 Å². The summed E-state index contributed by atoms with van der Waals surface area (Å²) in [6.07, 6.45) is 0.109. The molecule has 106 valence electrons. The second kappa shape index (κ2) is 6.53. The Hall–Kier alpha value is -1.87. The fourth-order valence-corrected chi connectivity index (χ4v) is 2.05. The van der Waals surface area contributed by atoms with Crippen LogP contribution >= 0.6 is 11.6 Å². The predicted octanol–water partition coefficient (Wildman–Crippen LogP) is 4.44. The molecule has 0 heterocycles. The number of anilines is 1. The van der Waals surface area contributed by atoms with Gasteiger partial charge in [-0.1, -0.05) is 23.7 Å². The van der Waals surface area contributed by atoms with Gasteiger partial charge in [0.05, 0.1) is 11.8 Å². The van der Waals surface area contributed by atoms with Crippen molar-refractivity contribution in [3.63, 3.8) is 0 Å². The summed E-state index contributed by atoms with van der Waals surface area (Å²) in [4.78, 5) is 0.